The van der Waals surface area contributed by atoms with Crippen LogP contribution in [0.15, 0.2) is 42.6 Å². The van der Waals surface area contributed by atoms with Gasteiger partial charge >= 0.3 is 0 Å². The second-order valence-corrected chi connectivity index (χ2v) is 18.3. The first-order chi connectivity index (χ1) is 16.2. The van der Waals surface area contributed by atoms with E-state index in [4.69, 9.17) is 27.9 Å². The minimum atomic E-state index is -3.37. The Labute approximate surface area is 216 Å². The van der Waals surface area contributed by atoms with Gasteiger partial charge in [-0.1, -0.05) is 55.0 Å². The summed E-state index contributed by atoms with van der Waals surface area (Å²) < 4.78 is 59.7. The van der Waals surface area contributed by atoms with Crippen LogP contribution < -0.4 is 0 Å². The second-order valence-electron chi connectivity index (χ2n) is 9.73. The zero-order valence-corrected chi connectivity index (χ0v) is 23.3. The number of benzene rings is 2. The summed E-state index contributed by atoms with van der Waals surface area (Å²) in [7, 11) is -4.71. The average molecular weight is 562 g/mol. The fourth-order valence-electron chi connectivity index (χ4n) is 3.60. The van der Waals surface area contributed by atoms with Crippen LogP contribution in [0.1, 0.15) is 28.6 Å². The van der Waals surface area contributed by atoms with Gasteiger partial charge in [-0.05, 0) is 41.4 Å². The molecule has 0 N–H and O–H groups in total. The monoisotopic (exact) mass is 560 g/mol. The maximum absolute atomic E-state index is 13.9. The van der Waals surface area contributed by atoms with Gasteiger partial charge in [0.25, 0.3) is 0 Å². The first-order valence-electron chi connectivity index (χ1n) is 10.9. The van der Waals surface area contributed by atoms with E-state index in [-0.39, 0.29) is 22.5 Å². The number of nitrogens with zero attached hydrogens (tertiary/aromatic N) is 2. The molecule has 35 heavy (non-hydrogen) atoms. The van der Waals surface area contributed by atoms with E-state index < -0.39 is 35.5 Å². The Morgan fingerprint density at radius 1 is 1.03 bits per heavy atom. The largest absolute Gasteiger partial charge is 0.361 e. The molecule has 0 spiro atoms. The predicted octanol–water partition coefficient (Wildman–Crippen LogP) is 6.51. The van der Waals surface area contributed by atoms with Crippen LogP contribution in [0.3, 0.4) is 0 Å². The molecule has 1 aromatic heterocycles. The van der Waals surface area contributed by atoms with Crippen LogP contribution in [0, 0.1) is 11.6 Å². The number of aromatic nitrogens is 2. The van der Waals surface area contributed by atoms with Gasteiger partial charge in [-0.25, -0.2) is 22.2 Å². The fourth-order valence-corrected chi connectivity index (χ4v) is 5.50. The highest BCUT2D eigenvalue weighted by atomic mass is 35.5. The van der Waals surface area contributed by atoms with Gasteiger partial charge in [0.1, 0.15) is 24.2 Å². The number of ether oxygens (including phenoxy) is 1. The molecule has 0 saturated carbocycles. The van der Waals surface area contributed by atoms with Crippen LogP contribution in [-0.2, 0) is 27.1 Å². The third-order valence-electron chi connectivity index (χ3n) is 5.41. The van der Waals surface area contributed by atoms with Crippen LogP contribution in [0.5, 0.6) is 0 Å². The van der Waals surface area contributed by atoms with Crippen molar-refractivity contribution in [2.45, 2.75) is 44.1 Å². The van der Waals surface area contributed by atoms with Gasteiger partial charge in [-0.3, -0.25) is 0 Å². The van der Waals surface area contributed by atoms with Crippen LogP contribution >= 0.6 is 23.2 Å². The Kier molecular flexibility index (Phi) is 8.80. The molecule has 0 saturated heterocycles. The maximum Gasteiger partial charge on any atom is 0.153 e. The Morgan fingerprint density at radius 3 is 2.03 bits per heavy atom. The normalized spacial score (nSPS) is 12.5. The SMILES string of the molecule is C[Si](C)(C)CCOCn1c(CS(C)(=O)=O)cnc1C(c1ccc(F)c(Cl)c1)c1ccc(F)c(Cl)c1. The molecule has 0 aliphatic rings. The van der Waals surface area contributed by atoms with Gasteiger partial charge in [0.2, 0.25) is 0 Å². The van der Waals surface area contributed by atoms with E-state index in [0.29, 0.717) is 29.3 Å². The third kappa shape index (κ3) is 7.60. The fraction of sp³-hybridized carbons (Fsp3) is 0.375. The molecule has 1 heterocycles. The van der Waals surface area contributed by atoms with Crippen LogP contribution in [0.25, 0.3) is 0 Å². The summed E-state index contributed by atoms with van der Waals surface area (Å²) >= 11 is 12.2. The van der Waals surface area contributed by atoms with Gasteiger partial charge in [0, 0.05) is 27.1 Å². The second kappa shape index (κ2) is 11.1. The molecule has 0 fully saturated rings. The lowest BCUT2D eigenvalue weighted by atomic mass is 9.90. The molecular formula is C24H28Cl2F2N2O3SSi. The number of rotatable bonds is 10. The van der Waals surface area contributed by atoms with Crippen molar-refractivity contribution in [1.82, 2.24) is 9.55 Å². The molecule has 2 aromatic carbocycles. The first-order valence-corrected chi connectivity index (χ1v) is 17.5. The van der Waals surface area contributed by atoms with Gasteiger partial charge in [-0.15, -0.1) is 0 Å². The van der Waals surface area contributed by atoms with Crippen molar-refractivity contribution in [2.24, 2.45) is 0 Å². The molecule has 5 nitrogen and oxygen atoms in total. The zero-order chi connectivity index (χ0) is 26.0. The molecule has 0 amide bonds. The van der Waals surface area contributed by atoms with E-state index >= 15 is 0 Å². The number of hydrogen-bond acceptors (Lipinski definition) is 4. The lowest BCUT2D eigenvalue weighted by molar-refractivity contribution is 0.0835. The molecule has 0 unspecified atom stereocenters. The molecule has 0 aliphatic heterocycles. The molecule has 0 atom stereocenters. The molecule has 190 valence electrons. The minimum Gasteiger partial charge on any atom is -0.361 e. The summed E-state index contributed by atoms with van der Waals surface area (Å²) in [5.74, 6) is -1.59. The van der Waals surface area contributed by atoms with Gasteiger partial charge in [0.15, 0.2) is 9.84 Å². The molecule has 0 aliphatic carbocycles. The Hall–Kier alpha value is -1.78. The Morgan fingerprint density at radius 2 is 1.57 bits per heavy atom. The maximum atomic E-state index is 13.9. The average Bonchev–Trinajstić information content (AvgIpc) is 3.10. The summed E-state index contributed by atoms with van der Waals surface area (Å²) in [4.78, 5) is 4.54. The van der Waals surface area contributed by atoms with Crippen molar-refractivity contribution >= 4 is 41.1 Å². The quantitative estimate of drug-likeness (QED) is 0.209. The van der Waals surface area contributed by atoms with E-state index in [1.54, 1.807) is 16.7 Å². The number of hydrogen-bond donors (Lipinski definition) is 0. The van der Waals surface area contributed by atoms with Crippen molar-refractivity contribution in [3.8, 4) is 0 Å². The molecule has 3 rings (SSSR count). The number of halogens is 4. The van der Waals surface area contributed by atoms with Crippen LogP contribution in [-0.4, -0.2) is 38.9 Å². The van der Waals surface area contributed by atoms with Crippen molar-refractivity contribution in [2.75, 3.05) is 12.9 Å². The van der Waals surface area contributed by atoms with Gasteiger partial charge in [-0.2, -0.15) is 0 Å². The molecule has 0 radical (unpaired) electrons. The molecule has 0 bridgehead atoms. The van der Waals surface area contributed by atoms with E-state index in [9.17, 15) is 17.2 Å². The summed E-state index contributed by atoms with van der Waals surface area (Å²) in [5.41, 5.74) is 1.61. The van der Waals surface area contributed by atoms with Crippen molar-refractivity contribution < 1.29 is 21.9 Å². The zero-order valence-electron chi connectivity index (χ0n) is 20.0. The summed E-state index contributed by atoms with van der Waals surface area (Å²) in [6, 6.07) is 9.48. The third-order valence-corrected chi connectivity index (χ3v) is 8.51. The molecule has 3 aromatic rings. The van der Waals surface area contributed by atoms with E-state index in [1.165, 1.54) is 30.5 Å². The van der Waals surface area contributed by atoms with Crippen molar-refractivity contribution in [3.05, 3.63) is 86.9 Å². The van der Waals surface area contributed by atoms with Gasteiger partial charge in [0.05, 0.1) is 27.4 Å². The Bertz CT molecular complexity index is 1260. The number of sulfone groups is 1. The predicted molar refractivity (Wildman–Crippen MR) is 139 cm³/mol. The smallest absolute Gasteiger partial charge is 0.153 e. The van der Waals surface area contributed by atoms with E-state index in [1.807, 2.05) is 0 Å². The van der Waals surface area contributed by atoms with E-state index in [0.717, 1.165) is 12.3 Å². The van der Waals surface area contributed by atoms with Crippen LogP contribution in [0.4, 0.5) is 8.78 Å². The molecular weight excluding hydrogens is 533 g/mol. The first kappa shape index (κ1) is 27.8. The lowest BCUT2D eigenvalue weighted by Gasteiger charge is -2.22. The van der Waals surface area contributed by atoms with Crippen LogP contribution in [0.2, 0.25) is 35.7 Å². The van der Waals surface area contributed by atoms with E-state index in [2.05, 4.69) is 24.6 Å². The lowest BCUT2D eigenvalue weighted by Crippen LogP contribution is -2.23. The standard InChI is InChI=1S/C24H28Cl2F2N2O3SSi/c1-34(31,32)14-18-13-29-24(30(18)15-33-9-10-35(2,3)4)23(16-5-7-21(27)19(25)11-16)17-6-8-22(28)20(26)12-17/h5-8,11-13,23H,9-10,14-15H2,1-4H3. The molecule has 11 heteroatoms. The highest BCUT2D eigenvalue weighted by Crippen LogP contribution is 2.35. The highest BCUT2D eigenvalue weighted by molar-refractivity contribution is 7.89. The van der Waals surface area contributed by atoms with Crippen molar-refractivity contribution in [1.29, 1.82) is 0 Å². The topological polar surface area (TPSA) is 61.2 Å². The Balaban J connectivity index is 2.13. The van der Waals surface area contributed by atoms with Gasteiger partial charge < -0.3 is 9.30 Å². The minimum absolute atomic E-state index is 0.0744. The summed E-state index contributed by atoms with van der Waals surface area (Å²) in [6.07, 6.45) is 2.63. The summed E-state index contributed by atoms with van der Waals surface area (Å²) in [5, 5.41) is -0.164. The highest BCUT2D eigenvalue weighted by Gasteiger charge is 2.26. The summed E-state index contributed by atoms with van der Waals surface area (Å²) in [6.45, 7) is 7.30. The number of imidazole rings is 1. The van der Waals surface area contributed by atoms with Crippen molar-refractivity contribution in [3.63, 3.8) is 0 Å².